The normalized spacial score (nSPS) is 33.6. The zero-order chi connectivity index (χ0) is 18.6. The van der Waals surface area contributed by atoms with Crippen LogP contribution < -0.4 is 10.6 Å². The highest BCUT2D eigenvalue weighted by atomic mass is 16.5. The first-order chi connectivity index (χ1) is 12.4. The Morgan fingerprint density at radius 1 is 1.27 bits per heavy atom. The number of rotatable bonds is 4. The van der Waals surface area contributed by atoms with Gasteiger partial charge in [0.1, 0.15) is 5.54 Å². The van der Waals surface area contributed by atoms with E-state index >= 15 is 0 Å². The molecule has 8 heteroatoms. The highest BCUT2D eigenvalue weighted by Gasteiger charge is 2.70. The molecule has 0 unspecified atom stereocenters. The van der Waals surface area contributed by atoms with Gasteiger partial charge in [-0.3, -0.25) is 24.6 Å². The lowest BCUT2D eigenvalue weighted by atomic mass is 9.76. The van der Waals surface area contributed by atoms with Crippen molar-refractivity contribution in [3.63, 3.8) is 0 Å². The predicted octanol–water partition coefficient (Wildman–Crippen LogP) is -0.566. The van der Waals surface area contributed by atoms with Crippen LogP contribution in [-0.4, -0.2) is 60.1 Å². The van der Waals surface area contributed by atoms with E-state index in [1.165, 1.54) is 7.11 Å². The number of ether oxygens (including phenoxy) is 1. The van der Waals surface area contributed by atoms with Crippen molar-refractivity contribution < 1.29 is 24.2 Å². The molecule has 3 N–H and O–H groups in total. The van der Waals surface area contributed by atoms with Crippen LogP contribution in [0.3, 0.4) is 0 Å². The lowest BCUT2D eigenvalue weighted by Gasteiger charge is -2.30. The molecule has 8 nitrogen and oxygen atoms in total. The molecule has 3 aliphatic heterocycles. The molecule has 2 saturated heterocycles. The molecule has 3 amide bonds. The summed E-state index contributed by atoms with van der Waals surface area (Å²) in [6.07, 6.45) is -0.901. The minimum absolute atomic E-state index is 0.132. The van der Waals surface area contributed by atoms with Gasteiger partial charge < -0.3 is 15.2 Å². The number of para-hydroxylation sites is 1. The number of benzene rings is 1. The summed E-state index contributed by atoms with van der Waals surface area (Å²) in [5.41, 5.74) is -0.0965. The molecule has 0 radical (unpaired) electrons. The summed E-state index contributed by atoms with van der Waals surface area (Å²) in [5.74, 6) is -2.83. The zero-order valence-electron chi connectivity index (χ0n) is 14.6. The number of hydrogen-bond donors (Lipinski definition) is 3. The number of methoxy groups -OCH3 is 1. The van der Waals surface area contributed by atoms with Crippen LogP contribution in [0.1, 0.15) is 12.5 Å². The number of nitrogens with zero attached hydrogens (tertiary/aromatic N) is 1. The summed E-state index contributed by atoms with van der Waals surface area (Å²) < 4.78 is 5.00. The Labute approximate surface area is 150 Å². The molecule has 1 aromatic carbocycles. The van der Waals surface area contributed by atoms with Crippen LogP contribution in [-0.2, 0) is 24.7 Å². The van der Waals surface area contributed by atoms with Crippen LogP contribution in [0.25, 0.3) is 0 Å². The van der Waals surface area contributed by atoms with Gasteiger partial charge in [0.05, 0.1) is 31.1 Å². The molecular formula is C18H21N3O5. The van der Waals surface area contributed by atoms with Gasteiger partial charge in [-0.05, 0) is 13.0 Å². The largest absolute Gasteiger partial charge is 0.392 e. The summed E-state index contributed by atoms with van der Waals surface area (Å²) >= 11 is 0. The van der Waals surface area contributed by atoms with E-state index in [0.717, 1.165) is 4.90 Å². The van der Waals surface area contributed by atoms with E-state index in [0.29, 0.717) is 11.3 Å². The molecule has 0 aromatic heterocycles. The van der Waals surface area contributed by atoms with Crippen molar-refractivity contribution in [2.75, 3.05) is 25.6 Å². The van der Waals surface area contributed by atoms with Gasteiger partial charge in [-0.15, -0.1) is 0 Å². The van der Waals surface area contributed by atoms with Crippen LogP contribution >= 0.6 is 0 Å². The Morgan fingerprint density at radius 3 is 2.69 bits per heavy atom. The number of aliphatic hydroxyl groups excluding tert-OH is 1. The Kier molecular flexibility index (Phi) is 3.87. The fourth-order valence-corrected chi connectivity index (χ4v) is 4.57. The van der Waals surface area contributed by atoms with E-state index in [4.69, 9.17) is 4.74 Å². The number of hydrogen-bond acceptors (Lipinski definition) is 6. The van der Waals surface area contributed by atoms with Crippen LogP contribution in [0.5, 0.6) is 0 Å². The predicted molar refractivity (Wildman–Crippen MR) is 90.9 cm³/mol. The summed E-state index contributed by atoms with van der Waals surface area (Å²) in [6, 6.07) is 6.43. The molecule has 2 fully saturated rings. The summed E-state index contributed by atoms with van der Waals surface area (Å²) in [6.45, 7) is 1.91. The second kappa shape index (κ2) is 5.87. The Hall–Kier alpha value is -2.29. The van der Waals surface area contributed by atoms with Crippen molar-refractivity contribution in [2.45, 2.75) is 24.6 Å². The molecule has 1 aromatic rings. The number of carbonyl (C=O) groups is 3. The summed E-state index contributed by atoms with van der Waals surface area (Å²) in [7, 11) is 1.49. The standard InChI is InChI=1S/C18H21N3O5/c1-9(22)14-12-13(16(24)21(15(12)23)7-8-26-2)18(20-14)10-5-3-4-6-11(10)19-17(18)25/h3-6,9,12-14,20,22H,7-8H2,1-2H3,(H,19,25)/t9-,12+,13+,14-,18+/m1/s1. The van der Waals surface area contributed by atoms with Gasteiger partial charge in [0, 0.05) is 24.4 Å². The number of carbonyl (C=O) groups excluding carboxylic acids is 3. The Bertz CT molecular complexity index is 795. The highest BCUT2D eigenvalue weighted by molar-refractivity contribution is 6.15. The number of fused-ring (bicyclic) bond motifs is 4. The fraction of sp³-hybridized carbons (Fsp3) is 0.500. The van der Waals surface area contributed by atoms with Crippen LogP contribution in [0, 0.1) is 11.8 Å². The van der Waals surface area contributed by atoms with Crippen molar-refractivity contribution in [3.05, 3.63) is 29.8 Å². The SMILES string of the molecule is COCCN1C(=O)[C@@H]2[C@@H]([C@@H](C)O)N[C@]3(C(=O)Nc4ccccc43)[C@@H]2C1=O. The van der Waals surface area contributed by atoms with E-state index in [1.807, 2.05) is 0 Å². The molecule has 5 atom stereocenters. The molecule has 0 saturated carbocycles. The number of imide groups is 1. The smallest absolute Gasteiger partial charge is 0.250 e. The second-order valence-electron chi connectivity index (χ2n) is 7.04. The third kappa shape index (κ3) is 2.03. The van der Waals surface area contributed by atoms with Crippen molar-refractivity contribution in [1.29, 1.82) is 0 Å². The number of nitrogens with one attached hydrogen (secondary N) is 2. The van der Waals surface area contributed by atoms with Crippen molar-refractivity contribution >= 4 is 23.4 Å². The molecule has 138 valence electrons. The van der Waals surface area contributed by atoms with E-state index in [2.05, 4.69) is 10.6 Å². The quantitative estimate of drug-likeness (QED) is 0.622. The van der Waals surface area contributed by atoms with Crippen LogP contribution in [0.15, 0.2) is 24.3 Å². The average Bonchev–Trinajstić information content (AvgIpc) is 3.20. The third-order valence-corrected chi connectivity index (χ3v) is 5.69. The first-order valence-corrected chi connectivity index (χ1v) is 8.64. The molecule has 3 aliphatic rings. The topological polar surface area (TPSA) is 108 Å². The summed E-state index contributed by atoms with van der Waals surface area (Å²) in [5, 5.41) is 16.2. The number of aliphatic hydroxyl groups is 1. The molecule has 4 rings (SSSR count). The maximum atomic E-state index is 13.1. The number of amides is 3. The van der Waals surface area contributed by atoms with Crippen molar-refractivity contribution in [2.24, 2.45) is 11.8 Å². The van der Waals surface area contributed by atoms with Gasteiger partial charge >= 0.3 is 0 Å². The molecule has 0 bridgehead atoms. The van der Waals surface area contributed by atoms with Gasteiger partial charge in [0.25, 0.3) is 0 Å². The van der Waals surface area contributed by atoms with Gasteiger partial charge in [-0.1, -0.05) is 18.2 Å². The van der Waals surface area contributed by atoms with Crippen molar-refractivity contribution in [3.8, 4) is 0 Å². The average molecular weight is 359 g/mol. The van der Waals surface area contributed by atoms with Gasteiger partial charge in [0.15, 0.2) is 0 Å². The first kappa shape index (κ1) is 17.1. The van der Waals surface area contributed by atoms with E-state index < -0.39 is 35.4 Å². The van der Waals surface area contributed by atoms with Gasteiger partial charge in [0.2, 0.25) is 17.7 Å². The van der Waals surface area contributed by atoms with Crippen molar-refractivity contribution in [1.82, 2.24) is 10.2 Å². The van der Waals surface area contributed by atoms with E-state index in [1.54, 1.807) is 31.2 Å². The van der Waals surface area contributed by atoms with Crippen LogP contribution in [0.2, 0.25) is 0 Å². The Morgan fingerprint density at radius 2 is 2.00 bits per heavy atom. The molecule has 3 heterocycles. The Balaban J connectivity index is 1.85. The molecular weight excluding hydrogens is 338 g/mol. The van der Waals surface area contributed by atoms with E-state index in [-0.39, 0.29) is 25.0 Å². The van der Waals surface area contributed by atoms with Gasteiger partial charge in [-0.25, -0.2) is 0 Å². The third-order valence-electron chi connectivity index (χ3n) is 5.69. The lowest BCUT2D eigenvalue weighted by molar-refractivity contribution is -0.143. The maximum Gasteiger partial charge on any atom is 0.250 e. The lowest BCUT2D eigenvalue weighted by Crippen LogP contribution is -2.55. The molecule has 0 aliphatic carbocycles. The minimum atomic E-state index is -1.35. The second-order valence-corrected chi connectivity index (χ2v) is 7.04. The van der Waals surface area contributed by atoms with Crippen LogP contribution in [0.4, 0.5) is 5.69 Å². The number of likely N-dealkylation sites (tertiary alicyclic amines) is 1. The monoisotopic (exact) mass is 359 g/mol. The fourth-order valence-electron chi connectivity index (χ4n) is 4.57. The minimum Gasteiger partial charge on any atom is -0.392 e. The zero-order valence-corrected chi connectivity index (χ0v) is 14.6. The summed E-state index contributed by atoms with van der Waals surface area (Å²) in [4.78, 5) is 40.2. The molecule has 1 spiro atoms. The molecule has 26 heavy (non-hydrogen) atoms. The maximum absolute atomic E-state index is 13.1. The van der Waals surface area contributed by atoms with E-state index in [9.17, 15) is 19.5 Å². The number of anilines is 1. The highest BCUT2D eigenvalue weighted by Crippen LogP contribution is 2.53. The van der Waals surface area contributed by atoms with Gasteiger partial charge in [-0.2, -0.15) is 0 Å². The first-order valence-electron chi connectivity index (χ1n) is 8.64.